The molecule has 2 aliphatic rings. The third-order valence-corrected chi connectivity index (χ3v) is 6.03. The molecule has 1 aromatic rings. The number of hydrogen-bond acceptors (Lipinski definition) is 3. The standard InChI is InChI=1S/C13H20N2O2S/c1-10-4-2-6-13-14-12(8-15(10)13)11-5-3-7-18(16,17)9-11/h8,10-11H,2-7,9H2,1H3. The molecule has 3 heterocycles. The molecule has 1 aromatic heterocycles. The molecule has 0 amide bonds. The summed E-state index contributed by atoms with van der Waals surface area (Å²) < 4.78 is 25.7. The van der Waals surface area contributed by atoms with Crippen LogP contribution in [0.3, 0.4) is 0 Å². The van der Waals surface area contributed by atoms with Gasteiger partial charge in [0.05, 0.1) is 17.2 Å². The van der Waals surface area contributed by atoms with E-state index in [0.717, 1.165) is 30.8 Å². The highest BCUT2D eigenvalue weighted by molar-refractivity contribution is 7.91. The topological polar surface area (TPSA) is 52.0 Å². The van der Waals surface area contributed by atoms with Crippen LogP contribution in [0.4, 0.5) is 0 Å². The van der Waals surface area contributed by atoms with Crippen molar-refractivity contribution in [3.05, 3.63) is 17.7 Å². The molecule has 0 bridgehead atoms. The molecular weight excluding hydrogens is 248 g/mol. The predicted octanol–water partition coefficient (Wildman–Crippen LogP) is 2.07. The van der Waals surface area contributed by atoms with Crippen molar-refractivity contribution in [2.45, 2.75) is 51.0 Å². The molecule has 2 aliphatic heterocycles. The van der Waals surface area contributed by atoms with Crippen molar-refractivity contribution >= 4 is 9.84 Å². The molecule has 0 saturated carbocycles. The minimum absolute atomic E-state index is 0.119. The SMILES string of the molecule is CC1CCCc2nc(C3CCCS(=O)(=O)C3)cn21. The lowest BCUT2D eigenvalue weighted by Gasteiger charge is -2.21. The van der Waals surface area contributed by atoms with Crippen molar-refractivity contribution in [1.29, 1.82) is 0 Å². The molecule has 5 heteroatoms. The fourth-order valence-corrected chi connectivity index (χ4v) is 4.89. The summed E-state index contributed by atoms with van der Waals surface area (Å²) in [5, 5.41) is 0. The van der Waals surface area contributed by atoms with Gasteiger partial charge in [-0.3, -0.25) is 0 Å². The second-order valence-corrected chi connectivity index (χ2v) is 7.91. The molecule has 2 atom stereocenters. The summed E-state index contributed by atoms with van der Waals surface area (Å²) in [7, 11) is -2.84. The maximum atomic E-state index is 11.7. The molecule has 0 aromatic carbocycles. The smallest absolute Gasteiger partial charge is 0.150 e. The van der Waals surface area contributed by atoms with E-state index in [1.807, 2.05) is 0 Å². The van der Waals surface area contributed by atoms with Crippen molar-refractivity contribution in [2.75, 3.05) is 11.5 Å². The van der Waals surface area contributed by atoms with Crippen LogP contribution in [0.15, 0.2) is 6.20 Å². The van der Waals surface area contributed by atoms with Crippen LogP contribution in [0.1, 0.15) is 56.1 Å². The van der Waals surface area contributed by atoms with Gasteiger partial charge >= 0.3 is 0 Å². The first-order valence-corrected chi connectivity index (χ1v) is 8.65. The fraction of sp³-hybridized carbons (Fsp3) is 0.769. The Balaban J connectivity index is 1.89. The first-order valence-electron chi connectivity index (χ1n) is 6.83. The van der Waals surface area contributed by atoms with Crippen molar-refractivity contribution in [1.82, 2.24) is 9.55 Å². The second-order valence-electron chi connectivity index (χ2n) is 5.68. The first kappa shape index (κ1) is 12.2. The molecule has 3 rings (SSSR count). The molecule has 0 aliphatic carbocycles. The van der Waals surface area contributed by atoms with E-state index in [0.29, 0.717) is 11.8 Å². The maximum absolute atomic E-state index is 11.7. The van der Waals surface area contributed by atoms with Gasteiger partial charge in [-0.1, -0.05) is 0 Å². The van der Waals surface area contributed by atoms with Gasteiger partial charge in [0.15, 0.2) is 9.84 Å². The van der Waals surface area contributed by atoms with Gasteiger partial charge in [-0.2, -0.15) is 0 Å². The lowest BCUT2D eigenvalue weighted by molar-refractivity contribution is 0.425. The first-order chi connectivity index (χ1) is 8.55. The quantitative estimate of drug-likeness (QED) is 0.783. The van der Waals surface area contributed by atoms with E-state index in [2.05, 4.69) is 22.7 Å². The van der Waals surface area contributed by atoms with Crippen LogP contribution >= 0.6 is 0 Å². The van der Waals surface area contributed by atoms with E-state index in [1.165, 1.54) is 12.8 Å². The van der Waals surface area contributed by atoms with E-state index >= 15 is 0 Å². The zero-order valence-electron chi connectivity index (χ0n) is 10.8. The number of aryl methyl sites for hydroxylation is 1. The van der Waals surface area contributed by atoms with E-state index in [9.17, 15) is 8.42 Å². The highest BCUT2D eigenvalue weighted by Gasteiger charge is 2.29. The molecule has 2 unspecified atom stereocenters. The second kappa shape index (κ2) is 4.37. The number of rotatable bonds is 1. The molecule has 0 spiro atoms. The summed E-state index contributed by atoms with van der Waals surface area (Å²) >= 11 is 0. The Morgan fingerprint density at radius 3 is 2.89 bits per heavy atom. The van der Waals surface area contributed by atoms with Crippen LogP contribution in [0.2, 0.25) is 0 Å². The maximum Gasteiger partial charge on any atom is 0.150 e. The zero-order chi connectivity index (χ0) is 12.8. The third kappa shape index (κ3) is 2.20. The lowest BCUT2D eigenvalue weighted by Crippen LogP contribution is -2.23. The molecule has 1 fully saturated rings. The zero-order valence-corrected chi connectivity index (χ0v) is 11.6. The van der Waals surface area contributed by atoms with Crippen molar-refractivity contribution in [3.63, 3.8) is 0 Å². The van der Waals surface area contributed by atoms with Crippen LogP contribution in [-0.4, -0.2) is 29.5 Å². The van der Waals surface area contributed by atoms with Crippen LogP contribution in [0.25, 0.3) is 0 Å². The van der Waals surface area contributed by atoms with Crippen molar-refractivity contribution in [3.8, 4) is 0 Å². The van der Waals surface area contributed by atoms with Crippen molar-refractivity contribution < 1.29 is 8.42 Å². The van der Waals surface area contributed by atoms with E-state index in [1.54, 1.807) is 0 Å². The van der Waals surface area contributed by atoms with E-state index in [4.69, 9.17) is 0 Å². The summed E-state index contributed by atoms with van der Waals surface area (Å²) in [6.07, 6.45) is 7.27. The van der Waals surface area contributed by atoms with Gasteiger partial charge in [0.2, 0.25) is 0 Å². The average Bonchev–Trinajstić information content (AvgIpc) is 2.73. The third-order valence-electron chi connectivity index (χ3n) is 4.21. The fourth-order valence-electron chi connectivity index (χ4n) is 3.17. The highest BCUT2D eigenvalue weighted by atomic mass is 32.2. The van der Waals surface area contributed by atoms with Gasteiger partial charge in [0.25, 0.3) is 0 Å². The van der Waals surface area contributed by atoms with Gasteiger partial charge in [-0.05, 0) is 32.6 Å². The molecule has 18 heavy (non-hydrogen) atoms. The van der Waals surface area contributed by atoms with Gasteiger partial charge in [0, 0.05) is 24.6 Å². The van der Waals surface area contributed by atoms with Crippen LogP contribution < -0.4 is 0 Å². The van der Waals surface area contributed by atoms with E-state index in [-0.39, 0.29) is 11.7 Å². The molecule has 100 valence electrons. The van der Waals surface area contributed by atoms with Crippen LogP contribution in [0.5, 0.6) is 0 Å². The molecule has 0 N–H and O–H groups in total. The Hall–Kier alpha value is -0.840. The van der Waals surface area contributed by atoms with Crippen LogP contribution in [0, 0.1) is 0 Å². The number of hydrogen-bond donors (Lipinski definition) is 0. The highest BCUT2D eigenvalue weighted by Crippen LogP contribution is 2.31. The monoisotopic (exact) mass is 268 g/mol. The summed E-state index contributed by atoms with van der Waals surface area (Å²) in [6.45, 7) is 2.21. The normalized spacial score (nSPS) is 30.9. The molecular formula is C13H20N2O2S. The predicted molar refractivity (Wildman–Crippen MR) is 70.5 cm³/mol. The number of aromatic nitrogens is 2. The van der Waals surface area contributed by atoms with E-state index < -0.39 is 9.84 Å². The van der Waals surface area contributed by atoms with Gasteiger partial charge in [-0.15, -0.1) is 0 Å². The summed E-state index contributed by atoms with van der Waals surface area (Å²) in [5.74, 6) is 1.91. The number of nitrogens with zero attached hydrogens (tertiary/aromatic N) is 2. The lowest BCUT2D eigenvalue weighted by atomic mass is 10.0. The largest absolute Gasteiger partial charge is 0.332 e. The molecule has 4 nitrogen and oxygen atoms in total. The number of fused-ring (bicyclic) bond motifs is 1. The molecule has 1 saturated heterocycles. The summed E-state index contributed by atoms with van der Waals surface area (Å²) in [4.78, 5) is 4.69. The minimum atomic E-state index is -2.84. The Morgan fingerprint density at radius 1 is 1.33 bits per heavy atom. The average molecular weight is 268 g/mol. The van der Waals surface area contributed by atoms with Crippen LogP contribution in [-0.2, 0) is 16.3 Å². The van der Waals surface area contributed by atoms with Crippen molar-refractivity contribution in [2.24, 2.45) is 0 Å². The Bertz CT molecular complexity index is 547. The summed E-state index contributed by atoms with van der Waals surface area (Å²) in [5.41, 5.74) is 1.00. The minimum Gasteiger partial charge on any atom is -0.332 e. The summed E-state index contributed by atoms with van der Waals surface area (Å²) in [6, 6.07) is 0.509. The Labute approximate surface area is 108 Å². The number of imidazole rings is 1. The number of sulfone groups is 1. The molecule has 0 radical (unpaired) electrons. The van der Waals surface area contributed by atoms with Gasteiger partial charge in [0.1, 0.15) is 5.82 Å². The van der Waals surface area contributed by atoms with Gasteiger partial charge < -0.3 is 4.57 Å². The Kier molecular flexibility index (Phi) is 2.96. The Morgan fingerprint density at radius 2 is 2.17 bits per heavy atom. The van der Waals surface area contributed by atoms with Gasteiger partial charge in [-0.25, -0.2) is 13.4 Å².